The number of amides is 1. The Kier molecular flexibility index (Phi) is 4.24. The first-order valence-electron chi connectivity index (χ1n) is 7.56. The van der Waals surface area contributed by atoms with Crippen LogP contribution in [-0.2, 0) is 9.59 Å². The van der Waals surface area contributed by atoms with Gasteiger partial charge < -0.3 is 10.0 Å². The average molecular weight is 307 g/mol. The van der Waals surface area contributed by atoms with Gasteiger partial charge in [-0.25, -0.2) is 0 Å². The van der Waals surface area contributed by atoms with Crippen molar-refractivity contribution in [3.63, 3.8) is 0 Å². The molecule has 4 heteroatoms. The van der Waals surface area contributed by atoms with E-state index in [2.05, 4.69) is 0 Å². The second kappa shape index (κ2) is 6.48. The summed E-state index contributed by atoms with van der Waals surface area (Å²) < 4.78 is 0. The van der Waals surface area contributed by atoms with E-state index >= 15 is 0 Å². The summed E-state index contributed by atoms with van der Waals surface area (Å²) in [6.45, 7) is 0.411. The monoisotopic (exact) mass is 307 g/mol. The average Bonchev–Trinajstić information content (AvgIpc) is 2.81. The molecule has 116 valence electrons. The highest BCUT2D eigenvalue weighted by Gasteiger charge is 2.31. The largest absolute Gasteiger partial charge is 0.481 e. The Labute approximate surface area is 134 Å². The second-order valence-electron chi connectivity index (χ2n) is 5.44. The minimum absolute atomic E-state index is 0.0592. The van der Waals surface area contributed by atoms with Gasteiger partial charge in [0.25, 0.3) is 5.91 Å². The van der Waals surface area contributed by atoms with Crippen LogP contribution in [0.2, 0.25) is 0 Å². The maximum Gasteiger partial charge on any atom is 0.303 e. The molecule has 3 rings (SSSR count). The van der Waals surface area contributed by atoms with Gasteiger partial charge in [-0.15, -0.1) is 0 Å². The van der Waals surface area contributed by atoms with Crippen molar-refractivity contribution in [2.24, 2.45) is 0 Å². The molecule has 0 aromatic heterocycles. The molecular formula is C19H17NO3. The van der Waals surface area contributed by atoms with Crippen molar-refractivity contribution in [2.75, 3.05) is 11.4 Å². The van der Waals surface area contributed by atoms with Gasteiger partial charge in [-0.3, -0.25) is 9.59 Å². The van der Waals surface area contributed by atoms with Crippen molar-refractivity contribution in [1.82, 2.24) is 0 Å². The summed E-state index contributed by atoms with van der Waals surface area (Å²) in [5.74, 6) is -0.912. The molecule has 0 spiro atoms. The number of hydrogen-bond donors (Lipinski definition) is 1. The van der Waals surface area contributed by atoms with Crippen LogP contribution in [0.4, 0.5) is 5.69 Å². The highest BCUT2D eigenvalue weighted by Crippen LogP contribution is 2.37. The van der Waals surface area contributed by atoms with E-state index < -0.39 is 5.97 Å². The van der Waals surface area contributed by atoms with Crippen molar-refractivity contribution in [3.8, 4) is 0 Å². The molecule has 0 fully saturated rings. The van der Waals surface area contributed by atoms with E-state index in [4.69, 9.17) is 5.11 Å². The van der Waals surface area contributed by atoms with Gasteiger partial charge in [0.1, 0.15) is 0 Å². The standard InChI is InChI=1S/C19H17NO3/c21-18(22)11-6-12-20-17-10-5-4-9-15(17)16(19(20)23)13-14-7-2-1-3-8-14/h1-5,7-10,13H,6,11-12H2,(H,21,22). The number of carboxylic acids is 1. The van der Waals surface area contributed by atoms with Crippen molar-refractivity contribution >= 4 is 29.2 Å². The molecule has 1 N–H and O–H groups in total. The van der Waals surface area contributed by atoms with Gasteiger partial charge in [-0.2, -0.15) is 0 Å². The summed E-state index contributed by atoms with van der Waals surface area (Å²) in [5.41, 5.74) is 3.38. The number of carboxylic acid groups (broad SMARTS) is 1. The lowest BCUT2D eigenvalue weighted by Gasteiger charge is -2.16. The molecule has 1 amide bonds. The van der Waals surface area contributed by atoms with Gasteiger partial charge in [0, 0.05) is 24.1 Å². The number of rotatable bonds is 5. The predicted molar refractivity (Wildman–Crippen MR) is 90.0 cm³/mol. The van der Waals surface area contributed by atoms with Crippen LogP contribution in [0, 0.1) is 0 Å². The molecule has 1 heterocycles. The molecule has 2 aromatic carbocycles. The zero-order valence-corrected chi connectivity index (χ0v) is 12.6. The van der Waals surface area contributed by atoms with E-state index in [1.807, 2.05) is 60.7 Å². The van der Waals surface area contributed by atoms with Gasteiger partial charge in [-0.1, -0.05) is 48.5 Å². The van der Waals surface area contributed by atoms with Crippen LogP contribution in [0.3, 0.4) is 0 Å². The Morgan fingerprint density at radius 2 is 1.74 bits per heavy atom. The van der Waals surface area contributed by atoms with E-state index in [1.165, 1.54) is 0 Å². The lowest BCUT2D eigenvalue weighted by atomic mass is 10.0. The van der Waals surface area contributed by atoms with E-state index in [1.54, 1.807) is 4.90 Å². The summed E-state index contributed by atoms with van der Waals surface area (Å²) >= 11 is 0. The highest BCUT2D eigenvalue weighted by atomic mass is 16.4. The number of hydrogen-bond acceptors (Lipinski definition) is 2. The van der Waals surface area contributed by atoms with E-state index in [0.717, 1.165) is 16.8 Å². The Hall–Kier alpha value is -2.88. The Bertz CT molecular complexity index is 765. The SMILES string of the molecule is O=C(O)CCCN1C(=O)C(=Cc2ccccc2)c2ccccc21. The Morgan fingerprint density at radius 3 is 2.48 bits per heavy atom. The molecule has 0 saturated heterocycles. The number of para-hydroxylation sites is 1. The van der Waals surface area contributed by atoms with Crippen LogP contribution in [0.1, 0.15) is 24.0 Å². The van der Waals surface area contributed by atoms with E-state index in [9.17, 15) is 9.59 Å². The molecular weight excluding hydrogens is 290 g/mol. The third-order valence-electron chi connectivity index (χ3n) is 3.84. The summed E-state index contributed by atoms with van der Waals surface area (Å²) in [4.78, 5) is 25.1. The lowest BCUT2D eigenvalue weighted by molar-refractivity contribution is -0.137. The minimum Gasteiger partial charge on any atom is -0.481 e. The zero-order chi connectivity index (χ0) is 16.2. The first-order valence-corrected chi connectivity index (χ1v) is 7.56. The fourth-order valence-corrected chi connectivity index (χ4v) is 2.77. The van der Waals surface area contributed by atoms with Crippen LogP contribution >= 0.6 is 0 Å². The number of carbonyl (C=O) groups is 2. The lowest BCUT2D eigenvalue weighted by Crippen LogP contribution is -2.27. The molecule has 4 nitrogen and oxygen atoms in total. The Balaban J connectivity index is 1.92. The first kappa shape index (κ1) is 15.0. The van der Waals surface area contributed by atoms with Crippen molar-refractivity contribution in [2.45, 2.75) is 12.8 Å². The number of carbonyl (C=O) groups excluding carboxylic acids is 1. The van der Waals surface area contributed by atoms with Crippen LogP contribution < -0.4 is 4.90 Å². The maximum absolute atomic E-state index is 12.8. The molecule has 0 unspecified atom stereocenters. The zero-order valence-electron chi connectivity index (χ0n) is 12.6. The summed E-state index contributed by atoms with van der Waals surface area (Å²) in [7, 11) is 0. The summed E-state index contributed by atoms with van der Waals surface area (Å²) in [5, 5.41) is 8.78. The van der Waals surface area contributed by atoms with Gasteiger partial charge in [0.15, 0.2) is 0 Å². The highest BCUT2D eigenvalue weighted by molar-refractivity contribution is 6.35. The normalized spacial score (nSPS) is 15.0. The van der Waals surface area contributed by atoms with Crippen molar-refractivity contribution in [1.29, 1.82) is 0 Å². The summed E-state index contributed by atoms with van der Waals surface area (Å²) in [6, 6.07) is 17.3. The molecule has 1 aliphatic heterocycles. The third-order valence-corrected chi connectivity index (χ3v) is 3.84. The van der Waals surface area contributed by atoms with Crippen LogP contribution in [-0.4, -0.2) is 23.5 Å². The maximum atomic E-state index is 12.8. The molecule has 0 radical (unpaired) electrons. The van der Waals surface area contributed by atoms with Gasteiger partial charge in [0.05, 0.1) is 5.69 Å². The number of benzene rings is 2. The van der Waals surface area contributed by atoms with Gasteiger partial charge in [-0.05, 0) is 24.1 Å². The number of aliphatic carboxylic acids is 1. The second-order valence-corrected chi connectivity index (χ2v) is 5.44. The smallest absolute Gasteiger partial charge is 0.303 e. The Morgan fingerprint density at radius 1 is 1.04 bits per heavy atom. The molecule has 0 saturated carbocycles. The number of nitrogens with zero attached hydrogens (tertiary/aromatic N) is 1. The van der Waals surface area contributed by atoms with Gasteiger partial charge >= 0.3 is 5.97 Å². The molecule has 2 aromatic rings. The van der Waals surface area contributed by atoms with E-state index in [0.29, 0.717) is 18.5 Å². The molecule has 0 atom stereocenters. The minimum atomic E-state index is -0.843. The van der Waals surface area contributed by atoms with Crippen molar-refractivity contribution < 1.29 is 14.7 Å². The molecule has 0 bridgehead atoms. The summed E-state index contributed by atoms with van der Waals surface area (Å²) in [6.07, 6.45) is 2.38. The third kappa shape index (κ3) is 3.16. The number of fused-ring (bicyclic) bond motifs is 1. The predicted octanol–water partition coefficient (Wildman–Crippen LogP) is 3.44. The van der Waals surface area contributed by atoms with Crippen LogP contribution in [0.25, 0.3) is 11.6 Å². The fourth-order valence-electron chi connectivity index (χ4n) is 2.77. The molecule has 1 aliphatic rings. The van der Waals surface area contributed by atoms with Crippen LogP contribution in [0.5, 0.6) is 0 Å². The first-order chi connectivity index (χ1) is 11.2. The molecule has 0 aliphatic carbocycles. The van der Waals surface area contributed by atoms with E-state index in [-0.39, 0.29) is 12.3 Å². The van der Waals surface area contributed by atoms with Crippen LogP contribution in [0.15, 0.2) is 54.6 Å². The molecule has 23 heavy (non-hydrogen) atoms. The van der Waals surface area contributed by atoms with Crippen molar-refractivity contribution in [3.05, 3.63) is 65.7 Å². The number of anilines is 1. The topological polar surface area (TPSA) is 57.6 Å². The quantitative estimate of drug-likeness (QED) is 0.861. The van der Waals surface area contributed by atoms with Gasteiger partial charge in [0.2, 0.25) is 0 Å². The fraction of sp³-hybridized carbons (Fsp3) is 0.158.